The molecular formula is C25H25FN8O. The van der Waals surface area contributed by atoms with Gasteiger partial charge in [0.25, 0.3) is 0 Å². The number of imidazole rings is 1. The van der Waals surface area contributed by atoms with E-state index in [4.69, 9.17) is 9.72 Å². The predicted octanol–water partition coefficient (Wildman–Crippen LogP) is 4.25. The summed E-state index contributed by atoms with van der Waals surface area (Å²) in [6.07, 6.45) is 6.65. The van der Waals surface area contributed by atoms with Crippen LogP contribution in [0.15, 0.2) is 49.2 Å². The first-order chi connectivity index (χ1) is 16.7. The molecule has 0 saturated carbocycles. The molecule has 1 aromatic carbocycles. The van der Waals surface area contributed by atoms with Crippen molar-refractivity contribution in [1.82, 2.24) is 39.3 Å². The molecule has 0 aliphatic rings. The Labute approximate surface area is 201 Å². The van der Waals surface area contributed by atoms with Gasteiger partial charge in [-0.15, -0.1) is 0 Å². The van der Waals surface area contributed by atoms with Gasteiger partial charge < -0.3 is 9.30 Å². The fourth-order valence-electron chi connectivity index (χ4n) is 4.10. The van der Waals surface area contributed by atoms with Crippen LogP contribution in [0.5, 0.6) is 5.88 Å². The summed E-state index contributed by atoms with van der Waals surface area (Å²) in [5.74, 6) is 1.41. The molecule has 35 heavy (non-hydrogen) atoms. The first kappa shape index (κ1) is 22.6. The van der Waals surface area contributed by atoms with Crippen LogP contribution < -0.4 is 4.74 Å². The average molecular weight is 473 g/mol. The number of hydrogen-bond donors (Lipinski definition) is 0. The van der Waals surface area contributed by atoms with Gasteiger partial charge in [0.2, 0.25) is 5.88 Å². The summed E-state index contributed by atoms with van der Waals surface area (Å²) in [6.45, 7) is 5.34. The average Bonchev–Trinajstić information content (AvgIpc) is 3.39. The maximum Gasteiger partial charge on any atom is 0.227 e. The highest BCUT2D eigenvalue weighted by Crippen LogP contribution is 2.36. The van der Waals surface area contributed by atoms with Crippen LogP contribution in [-0.4, -0.2) is 46.4 Å². The van der Waals surface area contributed by atoms with Crippen molar-refractivity contribution in [2.45, 2.75) is 33.0 Å². The lowest BCUT2D eigenvalue weighted by Crippen LogP contribution is -2.15. The van der Waals surface area contributed by atoms with Gasteiger partial charge in [0.15, 0.2) is 11.5 Å². The van der Waals surface area contributed by atoms with Crippen LogP contribution in [0.2, 0.25) is 0 Å². The SMILES string of the molecule is COc1ncnc(C(C)(C)F)c1-c1ncc2cnn(Cc3ccc(-c4nc(C)cn4C)cc3)c2n1. The van der Waals surface area contributed by atoms with Crippen molar-refractivity contribution < 1.29 is 9.13 Å². The third-order valence-electron chi connectivity index (χ3n) is 5.71. The van der Waals surface area contributed by atoms with Gasteiger partial charge in [-0.2, -0.15) is 5.10 Å². The molecule has 4 heterocycles. The second-order valence-electron chi connectivity index (χ2n) is 8.87. The predicted molar refractivity (Wildman–Crippen MR) is 130 cm³/mol. The number of hydrogen-bond acceptors (Lipinski definition) is 7. The molecule has 9 nitrogen and oxygen atoms in total. The molecule has 0 fully saturated rings. The molecule has 10 heteroatoms. The fourth-order valence-corrected chi connectivity index (χ4v) is 4.10. The van der Waals surface area contributed by atoms with Crippen LogP contribution in [0.1, 0.15) is 30.8 Å². The van der Waals surface area contributed by atoms with Gasteiger partial charge in [0.05, 0.1) is 36.6 Å². The molecule has 0 atom stereocenters. The Kier molecular flexibility index (Phi) is 5.50. The Balaban J connectivity index is 1.51. The standard InChI is InChI=1S/C25H25FN8O/c1-15-12-33(4)22(31-15)17-8-6-16(7-9-17)13-34-23-18(11-30-34)10-27-21(32-23)19-20(25(2,3)26)28-14-29-24(19)35-5/h6-12,14H,13H2,1-5H3. The molecule has 4 aromatic heterocycles. The van der Waals surface area contributed by atoms with Crippen molar-refractivity contribution in [2.24, 2.45) is 7.05 Å². The molecule has 0 amide bonds. The molecule has 0 bridgehead atoms. The quantitative estimate of drug-likeness (QED) is 0.364. The van der Waals surface area contributed by atoms with E-state index in [-0.39, 0.29) is 17.4 Å². The van der Waals surface area contributed by atoms with Gasteiger partial charge in [-0.05, 0) is 26.3 Å². The highest BCUT2D eigenvalue weighted by Gasteiger charge is 2.30. The molecule has 0 aliphatic carbocycles. The zero-order chi connectivity index (χ0) is 24.7. The van der Waals surface area contributed by atoms with Gasteiger partial charge >= 0.3 is 0 Å². The normalized spacial score (nSPS) is 11.8. The van der Waals surface area contributed by atoms with E-state index in [1.165, 1.54) is 27.3 Å². The minimum atomic E-state index is -1.74. The number of rotatable bonds is 6. The van der Waals surface area contributed by atoms with E-state index < -0.39 is 5.67 Å². The number of ether oxygens (including phenoxy) is 1. The van der Waals surface area contributed by atoms with Gasteiger partial charge in [0.1, 0.15) is 23.4 Å². The number of fused-ring (bicyclic) bond motifs is 1. The third kappa shape index (κ3) is 4.23. The zero-order valence-electron chi connectivity index (χ0n) is 20.2. The van der Waals surface area contributed by atoms with Crippen LogP contribution in [0, 0.1) is 6.92 Å². The highest BCUT2D eigenvalue weighted by atomic mass is 19.1. The van der Waals surface area contributed by atoms with Crippen LogP contribution in [0.3, 0.4) is 0 Å². The van der Waals surface area contributed by atoms with Crippen molar-refractivity contribution in [2.75, 3.05) is 7.11 Å². The van der Waals surface area contributed by atoms with Crippen LogP contribution in [0.4, 0.5) is 4.39 Å². The van der Waals surface area contributed by atoms with Crippen LogP contribution in [0.25, 0.3) is 33.8 Å². The van der Waals surface area contributed by atoms with Crippen molar-refractivity contribution in [1.29, 1.82) is 0 Å². The lowest BCUT2D eigenvalue weighted by molar-refractivity contribution is 0.213. The highest BCUT2D eigenvalue weighted by molar-refractivity contribution is 5.77. The van der Waals surface area contributed by atoms with Gasteiger partial charge in [-0.3, -0.25) is 0 Å². The lowest BCUT2D eigenvalue weighted by Gasteiger charge is -2.18. The van der Waals surface area contributed by atoms with Gasteiger partial charge in [0, 0.05) is 25.0 Å². The summed E-state index contributed by atoms with van der Waals surface area (Å²) >= 11 is 0. The first-order valence-electron chi connectivity index (χ1n) is 11.1. The summed E-state index contributed by atoms with van der Waals surface area (Å²) in [4.78, 5) is 22.0. The minimum absolute atomic E-state index is 0.162. The van der Waals surface area contributed by atoms with Crippen molar-refractivity contribution >= 4 is 11.0 Å². The maximum absolute atomic E-state index is 15.0. The Morgan fingerprint density at radius 3 is 2.46 bits per heavy atom. The number of aryl methyl sites for hydroxylation is 2. The summed E-state index contributed by atoms with van der Waals surface area (Å²) in [5.41, 5.74) is 2.43. The van der Waals surface area contributed by atoms with Gasteiger partial charge in [-0.25, -0.2) is 34.0 Å². The number of benzene rings is 1. The lowest BCUT2D eigenvalue weighted by atomic mass is 10.0. The van der Waals surface area contributed by atoms with E-state index in [0.717, 1.165) is 28.0 Å². The van der Waals surface area contributed by atoms with Crippen molar-refractivity contribution in [3.63, 3.8) is 0 Å². The molecule has 178 valence electrons. The first-order valence-corrected chi connectivity index (χ1v) is 11.1. The Morgan fingerprint density at radius 2 is 1.80 bits per heavy atom. The molecular weight excluding hydrogens is 447 g/mol. The maximum atomic E-state index is 15.0. The summed E-state index contributed by atoms with van der Waals surface area (Å²) < 4.78 is 24.1. The van der Waals surface area contributed by atoms with E-state index in [1.54, 1.807) is 17.1 Å². The molecule has 0 unspecified atom stereocenters. The Hall–Kier alpha value is -4.21. The molecule has 0 radical (unpaired) electrons. The Morgan fingerprint density at radius 1 is 1.03 bits per heavy atom. The smallest absolute Gasteiger partial charge is 0.227 e. The number of halogens is 1. The topological polar surface area (TPSA) is 96.4 Å². The zero-order valence-corrected chi connectivity index (χ0v) is 20.2. The number of methoxy groups -OCH3 is 1. The number of aromatic nitrogens is 8. The molecule has 0 N–H and O–H groups in total. The number of nitrogens with zero attached hydrogens (tertiary/aromatic N) is 8. The van der Waals surface area contributed by atoms with E-state index >= 15 is 0 Å². The second-order valence-corrected chi connectivity index (χ2v) is 8.87. The van der Waals surface area contributed by atoms with E-state index in [0.29, 0.717) is 17.8 Å². The summed E-state index contributed by atoms with van der Waals surface area (Å²) in [5, 5.41) is 5.27. The second kappa shape index (κ2) is 8.53. The number of alkyl halides is 1. The monoisotopic (exact) mass is 472 g/mol. The summed E-state index contributed by atoms with van der Waals surface area (Å²) in [6, 6.07) is 8.19. The van der Waals surface area contributed by atoms with E-state index in [9.17, 15) is 4.39 Å². The Bertz CT molecular complexity index is 1520. The molecule has 5 rings (SSSR count). The van der Waals surface area contributed by atoms with Crippen molar-refractivity contribution in [3.8, 4) is 28.7 Å². The fraction of sp³-hybridized carbons (Fsp3) is 0.280. The van der Waals surface area contributed by atoms with Crippen molar-refractivity contribution in [3.05, 3.63) is 66.1 Å². The molecule has 0 spiro atoms. The third-order valence-corrected chi connectivity index (χ3v) is 5.71. The molecule has 5 aromatic rings. The largest absolute Gasteiger partial charge is 0.480 e. The van der Waals surface area contributed by atoms with E-state index in [1.807, 2.05) is 49.0 Å². The molecule has 0 saturated heterocycles. The van der Waals surface area contributed by atoms with Crippen LogP contribution in [-0.2, 0) is 19.3 Å². The van der Waals surface area contributed by atoms with Crippen LogP contribution >= 0.6 is 0 Å². The van der Waals surface area contributed by atoms with E-state index in [2.05, 4.69) is 25.0 Å². The minimum Gasteiger partial charge on any atom is -0.480 e. The van der Waals surface area contributed by atoms with Gasteiger partial charge in [-0.1, -0.05) is 24.3 Å². The molecule has 0 aliphatic heterocycles. The summed E-state index contributed by atoms with van der Waals surface area (Å²) in [7, 11) is 3.46.